The molecule has 0 nitrogen and oxygen atoms in total. The minimum absolute atomic E-state index is 0.176. The Morgan fingerprint density at radius 2 is 1.78 bits per heavy atom. The SMILES string of the molecule is CC1(C)[C@@H]2C[C@@H](Sc3ccccc3)[C@](C)(S)C[C@@H]21. The van der Waals surface area contributed by atoms with E-state index in [2.05, 4.69) is 51.1 Å². The van der Waals surface area contributed by atoms with E-state index in [9.17, 15) is 0 Å². The second kappa shape index (κ2) is 4.21. The highest BCUT2D eigenvalue weighted by Gasteiger charge is 2.63. The Morgan fingerprint density at radius 1 is 1.11 bits per heavy atom. The molecule has 18 heavy (non-hydrogen) atoms. The summed E-state index contributed by atoms with van der Waals surface area (Å²) >= 11 is 7.01. The van der Waals surface area contributed by atoms with Gasteiger partial charge in [0, 0.05) is 14.9 Å². The van der Waals surface area contributed by atoms with Crippen LogP contribution in [0.2, 0.25) is 0 Å². The van der Waals surface area contributed by atoms with Gasteiger partial charge in [-0.15, -0.1) is 11.8 Å². The lowest BCUT2D eigenvalue weighted by Crippen LogP contribution is -2.35. The van der Waals surface area contributed by atoms with Gasteiger partial charge in [0.1, 0.15) is 0 Å². The molecule has 0 spiro atoms. The molecule has 0 radical (unpaired) electrons. The van der Waals surface area contributed by atoms with Crippen LogP contribution in [-0.2, 0) is 0 Å². The fraction of sp³-hybridized carbons (Fsp3) is 0.625. The van der Waals surface area contributed by atoms with Crippen LogP contribution in [0.15, 0.2) is 35.2 Å². The molecule has 0 amide bonds. The number of thioether (sulfide) groups is 1. The van der Waals surface area contributed by atoms with Crippen molar-refractivity contribution in [2.24, 2.45) is 17.3 Å². The van der Waals surface area contributed by atoms with Crippen LogP contribution in [0.25, 0.3) is 0 Å². The fourth-order valence-electron chi connectivity index (χ4n) is 3.63. The normalized spacial score (nSPS) is 41.2. The highest BCUT2D eigenvalue weighted by molar-refractivity contribution is 8.00. The Balaban J connectivity index is 1.76. The maximum absolute atomic E-state index is 4.99. The molecule has 3 rings (SSSR count). The summed E-state index contributed by atoms with van der Waals surface area (Å²) in [5.74, 6) is 1.84. The van der Waals surface area contributed by atoms with Gasteiger partial charge in [0.25, 0.3) is 0 Å². The van der Waals surface area contributed by atoms with Crippen LogP contribution in [0, 0.1) is 17.3 Å². The van der Waals surface area contributed by atoms with E-state index in [4.69, 9.17) is 12.6 Å². The predicted molar refractivity (Wildman–Crippen MR) is 83.5 cm³/mol. The number of fused-ring (bicyclic) bond motifs is 1. The van der Waals surface area contributed by atoms with Crippen LogP contribution in [0.3, 0.4) is 0 Å². The van der Waals surface area contributed by atoms with Gasteiger partial charge < -0.3 is 0 Å². The van der Waals surface area contributed by atoms with E-state index in [0.29, 0.717) is 10.7 Å². The molecule has 0 unspecified atom stereocenters. The summed E-state index contributed by atoms with van der Waals surface area (Å²) in [5.41, 5.74) is 0.565. The van der Waals surface area contributed by atoms with Crippen molar-refractivity contribution in [3.63, 3.8) is 0 Å². The lowest BCUT2D eigenvalue weighted by molar-refractivity contribution is 0.417. The Bertz CT molecular complexity index is 436. The van der Waals surface area contributed by atoms with Crippen LogP contribution in [0.5, 0.6) is 0 Å². The number of hydrogen-bond donors (Lipinski definition) is 1. The highest BCUT2D eigenvalue weighted by Crippen LogP contribution is 2.68. The van der Waals surface area contributed by atoms with Crippen molar-refractivity contribution in [1.29, 1.82) is 0 Å². The lowest BCUT2D eigenvalue weighted by atomic mass is 9.89. The maximum Gasteiger partial charge on any atom is 0.0239 e. The van der Waals surface area contributed by atoms with Crippen molar-refractivity contribution in [3.8, 4) is 0 Å². The Morgan fingerprint density at radius 3 is 2.44 bits per heavy atom. The first-order chi connectivity index (χ1) is 8.41. The van der Waals surface area contributed by atoms with Crippen LogP contribution in [0.1, 0.15) is 33.6 Å². The largest absolute Gasteiger partial charge is 0.172 e. The Labute approximate surface area is 120 Å². The zero-order valence-corrected chi connectivity index (χ0v) is 13.1. The van der Waals surface area contributed by atoms with Crippen LogP contribution in [0.4, 0.5) is 0 Å². The van der Waals surface area contributed by atoms with Crippen molar-refractivity contribution in [2.45, 2.75) is 48.5 Å². The highest BCUT2D eigenvalue weighted by atomic mass is 32.2. The summed E-state index contributed by atoms with van der Waals surface area (Å²) in [7, 11) is 0. The van der Waals surface area contributed by atoms with Gasteiger partial charge >= 0.3 is 0 Å². The third-order valence-electron chi connectivity index (χ3n) is 5.10. The lowest BCUT2D eigenvalue weighted by Gasteiger charge is -2.36. The van der Waals surface area contributed by atoms with E-state index in [1.807, 2.05) is 11.8 Å². The van der Waals surface area contributed by atoms with Crippen molar-refractivity contribution >= 4 is 24.4 Å². The molecular formula is C16H22S2. The molecule has 1 aromatic carbocycles. The van der Waals surface area contributed by atoms with E-state index < -0.39 is 0 Å². The number of benzene rings is 1. The second-order valence-electron chi connectivity index (χ2n) is 6.75. The van der Waals surface area contributed by atoms with Crippen LogP contribution < -0.4 is 0 Å². The fourth-order valence-corrected chi connectivity index (χ4v) is 5.39. The van der Waals surface area contributed by atoms with Crippen molar-refractivity contribution in [3.05, 3.63) is 30.3 Å². The average molecular weight is 278 g/mol. The molecule has 0 heterocycles. The second-order valence-corrected chi connectivity index (χ2v) is 9.05. The van der Waals surface area contributed by atoms with E-state index in [-0.39, 0.29) is 4.75 Å². The van der Waals surface area contributed by atoms with E-state index >= 15 is 0 Å². The molecule has 0 bridgehead atoms. The molecule has 2 aliphatic carbocycles. The molecule has 2 fully saturated rings. The monoisotopic (exact) mass is 278 g/mol. The predicted octanol–water partition coefficient (Wildman–Crippen LogP) is 4.90. The minimum atomic E-state index is 0.176. The first kappa shape index (κ1) is 12.9. The minimum Gasteiger partial charge on any atom is -0.172 e. The van der Waals surface area contributed by atoms with Gasteiger partial charge in [0.2, 0.25) is 0 Å². The molecule has 4 atom stereocenters. The average Bonchev–Trinajstić information content (AvgIpc) is 2.81. The first-order valence-corrected chi connectivity index (χ1v) is 8.18. The quantitative estimate of drug-likeness (QED) is 0.751. The van der Waals surface area contributed by atoms with Crippen molar-refractivity contribution in [1.82, 2.24) is 0 Å². The van der Waals surface area contributed by atoms with Crippen molar-refractivity contribution in [2.75, 3.05) is 0 Å². The van der Waals surface area contributed by atoms with E-state index in [0.717, 1.165) is 11.8 Å². The molecule has 0 aliphatic heterocycles. The van der Waals surface area contributed by atoms with Crippen molar-refractivity contribution < 1.29 is 0 Å². The molecule has 1 aromatic rings. The molecular weight excluding hydrogens is 256 g/mol. The van der Waals surface area contributed by atoms with Crippen LogP contribution in [-0.4, -0.2) is 10.00 Å². The van der Waals surface area contributed by atoms with Gasteiger partial charge in [-0.2, -0.15) is 12.6 Å². The van der Waals surface area contributed by atoms with Gasteiger partial charge in [0.15, 0.2) is 0 Å². The summed E-state index contributed by atoms with van der Waals surface area (Å²) in [6.45, 7) is 7.20. The first-order valence-electron chi connectivity index (χ1n) is 6.85. The zero-order valence-electron chi connectivity index (χ0n) is 11.4. The smallest absolute Gasteiger partial charge is 0.0239 e. The van der Waals surface area contributed by atoms with E-state index in [1.54, 1.807) is 0 Å². The molecule has 98 valence electrons. The summed E-state index contributed by atoms with van der Waals surface area (Å²) in [6, 6.07) is 10.8. The zero-order chi connectivity index (χ0) is 13.0. The topological polar surface area (TPSA) is 0 Å². The van der Waals surface area contributed by atoms with Gasteiger partial charge in [-0.1, -0.05) is 32.0 Å². The van der Waals surface area contributed by atoms with E-state index in [1.165, 1.54) is 17.7 Å². The van der Waals surface area contributed by atoms with Gasteiger partial charge in [0.05, 0.1) is 0 Å². The third kappa shape index (κ3) is 2.12. The van der Waals surface area contributed by atoms with Gasteiger partial charge in [-0.05, 0) is 49.1 Å². The standard InChI is InChI=1S/C16H22S2/c1-15(2)12-9-14(16(3,17)10-13(12)15)18-11-7-5-4-6-8-11/h4-8,12-14,17H,9-10H2,1-3H3/t12-,13+,14-,16-/m1/s1. The molecule has 2 aliphatic rings. The van der Waals surface area contributed by atoms with Gasteiger partial charge in [-0.25, -0.2) is 0 Å². The summed E-state index contributed by atoms with van der Waals surface area (Å²) in [5, 5.41) is 0.645. The Hall–Kier alpha value is -0.0800. The molecule has 2 saturated carbocycles. The Kier molecular flexibility index (Phi) is 3.02. The molecule has 0 N–H and O–H groups in total. The molecule has 2 heteroatoms. The maximum atomic E-state index is 4.99. The third-order valence-corrected chi connectivity index (χ3v) is 7.31. The molecule has 0 saturated heterocycles. The number of rotatable bonds is 2. The van der Waals surface area contributed by atoms with Gasteiger partial charge in [-0.3, -0.25) is 0 Å². The summed E-state index contributed by atoms with van der Waals surface area (Å²) in [6.07, 6.45) is 2.61. The summed E-state index contributed by atoms with van der Waals surface area (Å²) < 4.78 is 0.176. The summed E-state index contributed by atoms with van der Waals surface area (Å²) in [4.78, 5) is 1.39. The van der Waals surface area contributed by atoms with Crippen LogP contribution >= 0.6 is 24.4 Å². The molecule has 0 aromatic heterocycles. The number of hydrogen-bond acceptors (Lipinski definition) is 2. The number of thiol groups is 1.